The molecule has 160 valence electrons. The second kappa shape index (κ2) is 9.51. The lowest BCUT2D eigenvalue weighted by molar-refractivity contribution is -0.115. The summed E-state index contributed by atoms with van der Waals surface area (Å²) in [6, 6.07) is 17.2. The van der Waals surface area contributed by atoms with Gasteiger partial charge in [-0.25, -0.2) is 4.39 Å². The molecule has 0 unspecified atom stereocenters. The van der Waals surface area contributed by atoms with Crippen LogP contribution in [0.5, 0.6) is 11.5 Å². The average Bonchev–Trinajstić information content (AvgIpc) is 3.15. The number of amides is 1. The summed E-state index contributed by atoms with van der Waals surface area (Å²) in [5.41, 5.74) is 2.53. The van der Waals surface area contributed by atoms with Gasteiger partial charge in [0.15, 0.2) is 11.5 Å². The molecule has 0 aliphatic carbocycles. The van der Waals surface area contributed by atoms with Crippen LogP contribution in [-0.4, -0.2) is 18.8 Å². The minimum atomic E-state index is -0.291. The third-order valence-corrected chi connectivity index (χ3v) is 6.86. The summed E-state index contributed by atoms with van der Waals surface area (Å²) in [6.07, 6.45) is 0. The highest BCUT2D eigenvalue weighted by molar-refractivity contribution is 9.10. The predicted molar refractivity (Wildman–Crippen MR) is 126 cm³/mol. The maximum Gasteiger partial charge on any atom is 0.238 e. The first kappa shape index (κ1) is 22.0. The van der Waals surface area contributed by atoms with Crippen molar-refractivity contribution < 1.29 is 18.7 Å². The SMILES string of the molecule is COc1cc([C@@H]2SCC(=O)N2c2ccc(Cl)cc2)cc(Br)c1OCc1ccc(F)cc1. The topological polar surface area (TPSA) is 38.8 Å². The zero-order valence-electron chi connectivity index (χ0n) is 16.5. The summed E-state index contributed by atoms with van der Waals surface area (Å²) in [6.45, 7) is 0.266. The van der Waals surface area contributed by atoms with E-state index in [1.165, 1.54) is 12.1 Å². The Kier molecular flexibility index (Phi) is 6.74. The van der Waals surface area contributed by atoms with E-state index < -0.39 is 0 Å². The van der Waals surface area contributed by atoms with Gasteiger partial charge in [-0.15, -0.1) is 11.8 Å². The van der Waals surface area contributed by atoms with Crippen LogP contribution in [0.3, 0.4) is 0 Å². The van der Waals surface area contributed by atoms with E-state index in [0.717, 1.165) is 16.8 Å². The number of carbonyl (C=O) groups is 1. The molecule has 3 aromatic carbocycles. The molecule has 31 heavy (non-hydrogen) atoms. The lowest BCUT2D eigenvalue weighted by atomic mass is 10.1. The standard InChI is InChI=1S/C23H18BrClFNO3S/c1-29-20-11-15(10-19(24)22(20)30-12-14-2-6-17(26)7-3-14)23-27(21(28)13-31-23)18-8-4-16(25)5-9-18/h2-11,23H,12-13H2,1H3/t23-/m0/s1. The number of benzene rings is 3. The number of hydrogen-bond acceptors (Lipinski definition) is 4. The fourth-order valence-corrected chi connectivity index (χ4v) is 5.17. The van der Waals surface area contributed by atoms with Crippen LogP contribution in [-0.2, 0) is 11.4 Å². The molecule has 1 saturated heterocycles. The van der Waals surface area contributed by atoms with E-state index in [0.29, 0.717) is 26.7 Å². The summed E-state index contributed by atoms with van der Waals surface area (Å²) in [5, 5.41) is 0.414. The zero-order chi connectivity index (χ0) is 22.0. The van der Waals surface area contributed by atoms with Crippen LogP contribution in [0.1, 0.15) is 16.5 Å². The number of nitrogens with zero attached hydrogens (tertiary/aromatic N) is 1. The second-order valence-electron chi connectivity index (χ2n) is 6.85. The zero-order valence-corrected chi connectivity index (χ0v) is 19.6. The van der Waals surface area contributed by atoms with Crippen molar-refractivity contribution in [3.8, 4) is 11.5 Å². The first-order valence-corrected chi connectivity index (χ1v) is 11.6. The Bertz CT molecular complexity index is 1100. The molecule has 1 heterocycles. The summed E-state index contributed by atoms with van der Waals surface area (Å²) in [5.74, 6) is 1.21. The molecule has 8 heteroatoms. The van der Waals surface area contributed by atoms with Crippen molar-refractivity contribution in [2.45, 2.75) is 12.0 Å². The van der Waals surface area contributed by atoms with Gasteiger partial charge < -0.3 is 9.47 Å². The number of carbonyl (C=O) groups excluding carboxylic acids is 1. The Balaban J connectivity index is 1.61. The van der Waals surface area contributed by atoms with Crippen LogP contribution in [0.25, 0.3) is 0 Å². The Morgan fingerprint density at radius 3 is 2.55 bits per heavy atom. The lowest BCUT2D eigenvalue weighted by Gasteiger charge is -2.25. The molecule has 0 aromatic heterocycles. The summed E-state index contributed by atoms with van der Waals surface area (Å²) in [7, 11) is 1.57. The van der Waals surface area contributed by atoms with Crippen molar-refractivity contribution in [2.75, 3.05) is 17.8 Å². The molecule has 0 radical (unpaired) electrons. The van der Waals surface area contributed by atoms with Gasteiger partial charge in [0.25, 0.3) is 0 Å². The van der Waals surface area contributed by atoms with Gasteiger partial charge in [0.05, 0.1) is 17.3 Å². The highest BCUT2D eigenvalue weighted by Gasteiger charge is 2.35. The molecule has 1 fully saturated rings. The minimum Gasteiger partial charge on any atom is -0.493 e. The van der Waals surface area contributed by atoms with E-state index in [4.69, 9.17) is 21.1 Å². The molecule has 4 rings (SSSR count). The van der Waals surface area contributed by atoms with Gasteiger partial charge in [-0.2, -0.15) is 0 Å². The Morgan fingerprint density at radius 2 is 1.87 bits per heavy atom. The maximum absolute atomic E-state index is 13.1. The minimum absolute atomic E-state index is 0.0315. The molecule has 3 aromatic rings. The first-order valence-electron chi connectivity index (χ1n) is 9.40. The quantitative estimate of drug-likeness (QED) is 0.365. The van der Waals surface area contributed by atoms with Gasteiger partial charge >= 0.3 is 0 Å². The van der Waals surface area contributed by atoms with Crippen LogP contribution < -0.4 is 14.4 Å². The fraction of sp³-hybridized carbons (Fsp3) is 0.174. The molecular formula is C23H18BrClFNO3S. The van der Waals surface area contributed by atoms with Crippen molar-refractivity contribution in [1.82, 2.24) is 0 Å². The van der Waals surface area contributed by atoms with Crippen molar-refractivity contribution in [3.05, 3.63) is 87.1 Å². The lowest BCUT2D eigenvalue weighted by Crippen LogP contribution is -2.27. The maximum atomic E-state index is 13.1. The molecule has 0 bridgehead atoms. The van der Waals surface area contributed by atoms with Crippen LogP contribution in [0.4, 0.5) is 10.1 Å². The third kappa shape index (κ3) is 4.84. The van der Waals surface area contributed by atoms with Gasteiger partial charge in [-0.1, -0.05) is 23.7 Å². The Labute approximate surface area is 197 Å². The van der Waals surface area contributed by atoms with Gasteiger partial charge in [0, 0.05) is 10.7 Å². The van der Waals surface area contributed by atoms with Gasteiger partial charge in [-0.3, -0.25) is 9.69 Å². The number of thioether (sulfide) groups is 1. The van der Waals surface area contributed by atoms with Crippen molar-refractivity contribution in [3.63, 3.8) is 0 Å². The third-order valence-electron chi connectivity index (χ3n) is 4.81. The van der Waals surface area contributed by atoms with E-state index in [9.17, 15) is 9.18 Å². The molecule has 4 nitrogen and oxygen atoms in total. The summed E-state index contributed by atoms with van der Waals surface area (Å²) >= 11 is 11.1. The van der Waals surface area contributed by atoms with Crippen LogP contribution >= 0.6 is 39.3 Å². The predicted octanol–water partition coefficient (Wildman–Crippen LogP) is 6.61. The summed E-state index contributed by atoms with van der Waals surface area (Å²) < 4.78 is 25.4. The van der Waals surface area contributed by atoms with Crippen molar-refractivity contribution in [1.29, 1.82) is 0 Å². The molecule has 0 N–H and O–H groups in total. The van der Waals surface area contributed by atoms with E-state index in [1.54, 1.807) is 48.0 Å². The van der Waals surface area contributed by atoms with E-state index in [-0.39, 0.29) is 23.7 Å². The summed E-state index contributed by atoms with van der Waals surface area (Å²) in [4.78, 5) is 14.4. The number of halogens is 3. The van der Waals surface area contributed by atoms with E-state index >= 15 is 0 Å². The van der Waals surface area contributed by atoms with Crippen molar-refractivity contribution in [2.24, 2.45) is 0 Å². The largest absolute Gasteiger partial charge is 0.493 e. The molecule has 1 aliphatic rings. The smallest absolute Gasteiger partial charge is 0.238 e. The second-order valence-corrected chi connectivity index (χ2v) is 9.21. The Morgan fingerprint density at radius 1 is 1.16 bits per heavy atom. The normalized spacial score (nSPS) is 15.9. The molecule has 1 aliphatic heterocycles. The highest BCUT2D eigenvalue weighted by atomic mass is 79.9. The first-order chi connectivity index (χ1) is 15.0. The highest BCUT2D eigenvalue weighted by Crippen LogP contribution is 2.46. The number of ether oxygens (including phenoxy) is 2. The average molecular weight is 523 g/mol. The number of anilines is 1. The van der Waals surface area contributed by atoms with E-state index in [2.05, 4.69) is 15.9 Å². The Hall–Kier alpha value is -2.22. The van der Waals surface area contributed by atoms with Crippen LogP contribution in [0.2, 0.25) is 5.02 Å². The monoisotopic (exact) mass is 521 g/mol. The molecule has 1 atom stereocenters. The van der Waals surface area contributed by atoms with Crippen LogP contribution in [0.15, 0.2) is 65.1 Å². The molecular weight excluding hydrogens is 505 g/mol. The molecule has 0 saturated carbocycles. The van der Waals surface area contributed by atoms with Crippen LogP contribution in [0, 0.1) is 5.82 Å². The van der Waals surface area contributed by atoms with Gasteiger partial charge in [-0.05, 0) is 75.6 Å². The van der Waals surface area contributed by atoms with Gasteiger partial charge in [0.2, 0.25) is 5.91 Å². The fourth-order valence-electron chi connectivity index (χ4n) is 3.31. The van der Waals surface area contributed by atoms with E-state index in [1.807, 2.05) is 24.3 Å². The molecule has 0 spiro atoms. The number of rotatable bonds is 6. The van der Waals surface area contributed by atoms with Gasteiger partial charge in [0.1, 0.15) is 17.8 Å². The molecule has 1 amide bonds. The number of methoxy groups -OCH3 is 1. The number of hydrogen-bond donors (Lipinski definition) is 0. The van der Waals surface area contributed by atoms with Crippen molar-refractivity contribution >= 4 is 50.9 Å².